The number of amides is 1. The standard InChI is InChI=1S/C11H20N2OS.ClH/c14-11(8-10-2-1-5-12-10)13-9-3-6-15-7-4-9;/h9-10,12H,1-8H2,(H,13,14);1H. The first-order valence-electron chi connectivity index (χ1n) is 5.95. The molecule has 2 saturated heterocycles. The van der Waals surface area contributed by atoms with Gasteiger partial charge in [-0.1, -0.05) is 0 Å². The average molecular weight is 265 g/mol. The second kappa shape index (κ2) is 7.41. The summed E-state index contributed by atoms with van der Waals surface area (Å²) in [5.74, 6) is 2.64. The van der Waals surface area contributed by atoms with E-state index in [1.54, 1.807) is 0 Å². The number of nitrogens with one attached hydrogen (secondary N) is 2. The summed E-state index contributed by atoms with van der Waals surface area (Å²) in [6.45, 7) is 1.08. The highest BCUT2D eigenvalue weighted by atomic mass is 35.5. The highest BCUT2D eigenvalue weighted by Gasteiger charge is 2.20. The SMILES string of the molecule is Cl.O=C(CC1CCCN1)NC1CCSCC1. The van der Waals surface area contributed by atoms with Crippen LogP contribution in [0.1, 0.15) is 32.1 Å². The Morgan fingerprint density at radius 3 is 2.69 bits per heavy atom. The molecule has 0 aliphatic carbocycles. The van der Waals surface area contributed by atoms with Crippen molar-refractivity contribution in [3.05, 3.63) is 0 Å². The third-order valence-corrected chi connectivity index (χ3v) is 4.23. The number of halogens is 1. The van der Waals surface area contributed by atoms with E-state index >= 15 is 0 Å². The molecule has 0 saturated carbocycles. The lowest BCUT2D eigenvalue weighted by Crippen LogP contribution is -2.40. The molecule has 0 radical (unpaired) electrons. The van der Waals surface area contributed by atoms with E-state index in [1.165, 1.54) is 17.9 Å². The maximum atomic E-state index is 11.7. The van der Waals surface area contributed by atoms with Gasteiger partial charge < -0.3 is 10.6 Å². The number of carbonyl (C=O) groups is 1. The average Bonchev–Trinajstić information content (AvgIpc) is 2.71. The summed E-state index contributed by atoms with van der Waals surface area (Å²) in [5, 5.41) is 6.51. The Morgan fingerprint density at radius 1 is 1.31 bits per heavy atom. The van der Waals surface area contributed by atoms with Crippen molar-refractivity contribution in [1.82, 2.24) is 10.6 Å². The Hall–Kier alpha value is 0.0700. The van der Waals surface area contributed by atoms with Crippen LogP contribution in [-0.4, -0.2) is 36.0 Å². The largest absolute Gasteiger partial charge is 0.353 e. The third kappa shape index (κ3) is 4.52. The molecule has 0 aromatic carbocycles. The van der Waals surface area contributed by atoms with Crippen molar-refractivity contribution in [3.63, 3.8) is 0 Å². The summed E-state index contributed by atoms with van der Waals surface area (Å²) >= 11 is 2.00. The number of hydrogen-bond acceptors (Lipinski definition) is 3. The molecule has 94 valence electrons. The maximum Gasteiger partial charge on any atom is 0.221 e. The fourth-order valence-corrected chi connectivity index (χ4v) is 3.39. The number of hydrogen-bond donors (Lipinski definition) is 2. The predicted octanol–water partition coefficient (Wildman–Crippen LogP) is 1.56. The zero-order chi connectivity index (χ0) is 10.5. The van der Waals surface area contributed by atoms with Gasteiger partial charge in [-0.3, -0.25) is 4.79 Å². The normalized spacial score (nSPS) is 26.1. The van der Waals surface area contributed by atoms with Crippen LogP contribution in [0, 0.1) is 0 Å². The van der Waals surface area contributed by atoms with Crippen LogP contribution in [0.5, 0.6) is 0 Å². The van der Waals surface area contributed by atoms with E-state index in [4.69, 9.17) is 0 Å². The molecule has 0 aromatic rings. The molecular formula is C11H21ClN2OS. The van der Waals surface area contributed by atoms with Gasteiger partial charge in [-0.15, -0.1) is 12.4 Å². The van der Waals surface area contributed by atoms with Gasteiger partial charge in [0.15, 0.2) is 0 Å². The molecule has 16 heavy (non-hydrogen) atoms. The van der Waals surface area contributed by atoms with Crippen molar-refractivity contribution in [2.75, 3.05) is 18.1 Å². The van der Waals surface area contributed by atoms with E-state index in [2.05, 4.69) is 10.6 Å². The smallest absolute Gasteiger partial charge is 0.221 e. The third-order valence-electron chi connectivity index (χ3n) is 3.18. The molecule has 1 atom stereocenters. The monoisotopic (exact) mass is 264 g/mol. The van der Waals surface area contributed by atoms with Gasteiger partial charge in [0.05, 0.1) is 0 Å². The van der Waals surface area contributed by atoms with E-state index in [9.17, 15) is 4.79 Å². The Morgan fingerprint density at radius 2 is 2.06 bits per heavy atom. The fourth-order valence-electron chi connectivity index (χ4n) is 2.28. The van der Waals surface area contributed by atoms with Gasteiger partial charge in [-0.2, -0.15) is 11.8 Å². The Labute approximate surface area is 108 Å². The molecular weight excluding hydrogens is 244 g/mol. The summed E-state index contributed by atoms with van der Waals surface area (Å²) in [4.78, 5) is 11.7. The number of rotatable bonds is 3. The van der Waals surface area contributed by atoms with E-state index in [1.807, 2.05) is 11.8 Å². The lowest BCUT2D eigenvalue weighted by atomic mass is 10.1. The summed E-state index contributed by atoms with van der Waals surface area (Å²) in [5.41, 5.74) is 0. The van der Waals surface area contributed by atoms with E-state index in [-0.39, 0.29) is 18.3 Å². The summed E-state index contributed by atoms with van der Waals surface area (Å²) < 4.78 is 0. The first-order valence-corrected chi connectivity index (χ1v) is 7.10. The van der Waals surface area contributed by atoms with Crippen LogP contribution in [0.4, 0.5) is 0 Å². The molecule has 2 fully saturated rings. The van der Waals surface area contributed by atoms with Gasteiger partial charge in [0.2, 0.25) is 5.91 Å². The summed E-state index contributed by atoms with van der Waals surface area (Å²) in [6, 6.07) is 0.878. The molecule has 0 spiro atoms. The van der Waals surface area contributed by atoms with Gasteiger partial charge in [-0.05, 0) is 43.7 Å². The molecule has 2 N–H and O–H groups in total. The number of thioether (sulfide) groups is 1. The second-order valence-corrected chi connectivity index (χ2v) is 5.68. The van der Waals surface area contributed by atoms with Crippen LogP contribution in [0.15, 0.2) is 0 Å². The summed E-state index contributed by atoms with van der Waals surface area (Å²) in [6.07, 6.45) is 5.35. The van der Waals surface area contributed by atoms with Gasteiger partial charge in [0.25, 0.3) is 0 Å². The minimum atomic E-state index is 0. The van der Waals surface area contributed by atoms with Crippen LogP contribution >= 0.6 is 24.2 Å². The molecule has 2 heterocycles. The van der Waals surface area contributed by atoms with Crippen molar-refractivity contribution in [3.8, 4) is 0 Å². The van der Waals surface area contributed by atoms with Crippen LogP contribution in [-0.2, 0) is 4.79 Å². The minimum Gasteiger partial charge on any atom is -0.353 e. The Bertz CT molecular complexity index is 216. The predicted molar refractivity (Wildman–Crippen MR) is 71.4 cm³/mol. The quantitative estimate of drug-likeness (QED) is 0.813. The molecule has 0 bridgehead atoms. The number of carbonyl (C=O) groups excluding carboxylic acids is 1. The molecule has 1 amide bonds. The molecule has 5 heteroatoms. The highest BCUT2D eigenvalue weighted by molar-refractivity contribution is 7.99. The topological polar surface area (TPSA) is 41.1 Å². The maximum absolute atomic E-state index is 11.7. The Kier molecular flexibility index (Phi) is 6.54. The zero-order valence-corrected chi connectivity index (χ0v) is 11.2. The van der Waals surface area contributed by atoms with E-state index in [0.29, 0.717) is 18.5 Å². The first-order chi connectivity index (χ1) is 7.34. The molecule has 2 rings (SSSR count). The molecule has 3 nitrogen and oxygen atoms in total. The van der Waals surface area contributed by atoms with Crippen molar-refractivity contribution in [1.29, 1.82) is 0 Å². The first kappa shape index (κ1) is 14.1. The van der Waals surface area contributed by atoms with Crippen molar-refractivity contribution in [2.45, 2.75) is 44.2 Å². The minimum absolute atomic E-state index is 0. The van der Waals surface area contributed by atoms with Crippen molar-refractivity contribution >= 4 is 30.1 Å². The lowest BCUT2D eigenvalue weighted by molar-refractivity contribution is -0.122. The van der Waals surface area contributed by atoms with Gasteiger partial charge in [0.1, 0.15) is 0 Å². The summed E-state index contributed by atoms with van der Waals surface area (Å²) in [7, 11) is 0. The molecule has 2 aliphatic heterocycles. The van der Waals surface area contributed by atoms with Gasteiger partial charge in [-0.25, -0.2) is 0 Å². The van der Waals surface area contributed by atoms with Crippen LogP contribution in [0.2, 0.25) is 0 Å². The lowest BCUT2D eigenvalue weighted by Gasteiger charge is -2.23. The van der Waals surface area contributed by atoms with Crippen molar-refractivity contribution in [2.24, 2.45) is 0 Å². The van der Waals surface area contributed by atoms with E-state index in [0.717, 1.165) is 25.8 Å². The van der Waals surface area contributed by atoms with Crippen molar-refractivity contribution < 1.29 is 4.79 Å². The van der Waals surface area contributed by atoms with Crippen LogP contribution < -0.4 is 10.6 Å². The molecule has 1 unspecified atom stereocenters. The van der Waals surface area contributed by atoms with Crippen LogP contribution in [0.25, 0.3) is 0 Å². The highest BCUT2D eigenvalue weighted by Crippen LogP contribution is 2.17. The second-order valence-electron chi connectivity index (χ2n) is 4.45. The fraction of sp³-hybridized carbons (Fsp3) is 0.909. The Balaban J connectivity index is 0.00000128. The van der Waals surface area contributed by atoms with Gasteiger partial charge >= 0.3 is 0 Å². The molecule has 0 aromatic heterocycles. The van der Waals surface area contributed by atoms with Gasteiger partial charge in [0, 0.05) is 18.5 Å². The molecule has 2 aliphatic rings. The van der Waals surface area contributed by atoms with Crippen LogP contribution in [0.3, 0.4) is 0 Å². The van der Waals surface area contributed by atoms with E-state index < -0.39 is 0 Å². The zero-order valence-electron chi connectivity index (χ0n) is 9.54.